The summed E-state index contributed by atoms with van der Waals surface area (Å²) in [6.07, 6.45) is 1.37. The first kappa shape index (κ1) is 23.7. The van der Waals surface area contributed by atoms with Crippen LogP contribution in [0.1, 0.15) is 17.5 Å². The molecule has 170 valence electrons. The zero-order valence-electron chi connectivity index (χ0n) is 16.8. The van der Waals surface area contributed by atoms with E-state index in [-0.39, 0.29) is 22.5 Å². The van der Waals surface area contributed by atoms with E-state index < -0.39 is 16.1 Å². The van der Waals surface area contributed by atoms with Crippen molar-refractivity contribution in [3.8, 4) is 9.75 Å². The van der Waals surface area contributed by atoms with Gasteiger partial charge in [0.15, 0.2) is 0 Å². The molecule has 11 heteroatoms. The second kappa shape index (κ2) is 9.42. The van der Waals surface area contributed by atoms with Gasteiger partial charge < -0.3 is 10.2 Å². The van der Waals surface area contributed by atoms with Gasteiger partial charge in [-0.2, -0.15) is 4.72 Å². The summed E-state index contributed by atoms with van der Waals surface area (Å²) in [4.78, 5) is 16.4. The van der Waals surface area contributed by atoms with E-state index >= 15 is 0 Å². The van der Waals surface area contributed by atoms with Crippen LogP contribution < -0.4 is 14.9 Å². The number of halogens is 2. The van der Waals surface area contributed by atoms with Gasteiger partial charge in [0, 0.05) is 28.5 Å². The molecule has 2 aromatic heterocycles. The summed E-state index contributed by atoms with van der Waals surface area (Å²) in [5.41, 5.74) is 3.33. The molecule has 6 nitrogen and oxygen atoms in total. The van der Waals surface area contributed by atoms with Crippen LogP contribution in [0.5, 0.6) is 0 Å². The molecule has 0 spiro atoms. The van der Waals surface area contributed by atoms with Gasteiger partial charge in [-0.1, -0.05) is 17.7 Å². The van der Waals surface area contributed by atoms with Gasteiger partial charge in [-0.25, -0.2) is 8.42 Å². The molecule has 2 aliphatic rings. The van der Waals surface area contributed by atoms with Crippen molar-refractivity contribution in [2.45, 2.75) is 29.6 Å². The number of rotatable bonds is 5. The number of hydrogen-bond donors (Lipinski definition) is 2. The van der Waals surface area contributed by atoms with Gasteiger partial charge in [0.1, 0.15) is 10.3 Å². The predicted molar refractivity (Wildman–Crippen MR) is 133 cm³/mol. The van der Waals surface area contributed by atoms with Gasteiger partial charge in [-0.05, 0) is 66.9 Å². The summed E-state index contributed by atoms with van der Waals surface area (Å²) < 4.78 is 29.3. The van der Waals surface area contributed by atoms with E-state index in [1.54, 1.807) is 23.1 Å². The standard InChI is InChI=1S/C21H20ClN3O3S3.ClH/c22-19-5-3-17(29-19)18-4-6-20(30-18)31(27,28)24-16-8-10-25(21(16)26)15-2-1-14-12-23-9-7-13(14)11-15;/h1-6,11,16,23-24H,7-10,12H2;1H/t16-;/m0./s1. The number of benzene rings is 1. The van der Waals surface area contributed by atoms with Crippen LogP contribution in [0.4, 0.5) is 5.69 Å². The number of fused-ring (bicyclic) bond motifs is 1. The zero-order chi connectivity index (χ0) is 21.6. The minimum absolute atomic E-state index is 0. The monoisotopic (exact) mass is 529 g/mol. The minimum atomic E-state index is -3.79. The fourth-order valence-electron chi connectivity index (χ4n) is 3.97. The fourth-order valence-corrected chi connectivity index (χ4v) is 7.65. The molecule has 0 radical (unpaired) electrons. The highest BCUT2D eigenvalue weighted by atomic mass is 35.5. The normalized spacial score (nSPS) is 18.5. The number of anilines is 1. The van der Waals surface area contributed by atoms with Crippen molar-refractivity contribution in [1.82, 2.24) is 10.0 Å². The summed E-state index contributed by atoms with van der Waals surface area (Å²) in [6.45, 7) is 2.26. The van der Waals surface area contributed by atoms with E-state index in [9.17, 15) is 13.2 Å². The van der Waals surface area contributed by atoms with Crippen molar-refractivity contribution in [2.75, 3.05) is 18.0 Å². The number of carbonyl (C=O) groups excluding carboxylic acids is 1. The van der Waals surface area contributed by atoms with Gasteiger partial charge in [0.05, 0.1) is 4.34 Å². The Morgan fingerprint density at radius 1 is 1.06 bits per heavy atom. The maximum absolute atomic E-state index is 13.0. The second-order valence-corrected chi connectivity index (χ2v) is 12.3. The molecule has 5 rings (SSSR count). The van der Waals surface area contributed by atoms with Crippen LogP contribution in [0.25, 0.3) is 9.75 Å². The average molecular weight is 531 g/mol. The predicted octanol–water partition coefficient (Wildman–Crippen LogP) is 4.28. The molecule has 1 aromatic carbocycles. The molecule has 0 bridgehead atoms. The lowest BCUT2D eigenvalue weighted by Gasteiger charge is -2.22. The number of carbonyl (C=O) groups is 1. The van der Waals surface area contributed by atoms with Crippen LogP contribution in [-0.2, 0) is 27.8 Å². The van der Waals surface area contributed by atoms with E-state index in [4.69, 9.17) is 11.6 Å². The van der Waals surface area contributed by atoms with E-state index in [0.717, 1.165) is 35.0 Å². The summed E-state index contributed by atoms with van der Waals surface area (Å²) in [5, 5.41) is 3.34. The fraction of sp³-hybridized carbons (Fsp3) is 0.286. The van der Waals surface area contributed by atoms with Crippen LogP contribution in [0.2, 0.25) is 4.34 Å². The number of sulfonamides is 1. The third-order valence-corrected chi connectivity index (χ3v) is 10.0. The van der Waals surface area contributed by atoms with Crippen LogP contribution in [0.3, 0.4) is 0 Å². The number of nitrogens with one attached hydrogen (secondary N) is 2. The molecule has 0 unspecified atom stereocenters. The zero-order valence-corrected chi connectivity index (χ0v) is 20.9. The molecule has 1 amide bonds. The molecule has 1 saturated heterocycles. The Balaban J connectivity index is 0.00000245. The Kier molecular flexibility index (Phi) is 6.97. The summed E-state index contributed by atoms with van der Waals surface area (Å²) in [7, 11) is -3.79. The van der Waals surface area contributed by atoms with Crippen LogP contribution in [0.15, 0.2) is 46.7 Å². The van der Waals surface area contributed by atoms with Crippen molar-refractivity contribution in [3.05, 3.63) is 57.9 Å². The van der Waals surface area contributed by atoms with Crippen LogP contribution in [0, 0.1) is 0 Å². The lowest BCUT2D eigenvalue weighted by molar-refractivity contribution is -0.118. The van der Waals surface area contributed by atoms with E-state index in [1.165, 1.54) is 33.8 Å². The number of hydrogen-bond acceptors (Lipinski definition) is 6. The molecule has 1 fully saturated rings. The topological polar surface area (TPSA) is 78.5 Å². The van der Waals surface area contributed by atoms with Crippen molar-refractivity contribution < 1.29 is 13.2 Å². The highest BCUT2D eigenvalue weighted by molar-refractivity contribution is 7.91. The first-order chi connectivity index (χ1) is 14.9. The second-order valence-electron chi connectivity index (χ2n) is 7.55. The van der Waals surface area contributed by atoms with E-state index in [2.05, 4.69) is 16.1 Å². The Morgan fingerprint density at radius 3 is 2.62 bits per heavy atom. The number of thiophene rings is 2. The molecule has 2 N–H and O–H groups in total. The first-order valence-electron chi connectivity index (χ1n) is 9.92. The van der Waals surface area contributed by atoms with Gasteiger partial charge in [0.25, 0.3) is 10.0 Å². The molecular weight excluding hydrogens is 509 g/mol. The SMILES string of the molecule is Cl.O=C1[C@@H](NS(=O)(=O)c2ccc(-c3ccc(Cl)s3)s2)CCN1c1ccc2c(c1)CCNC2. The Bertz CT molecular complexity index is 1260. The molecule has 0 saturated carbocycles. The molecular formula is C21H21Cl2N3O3S3. The molecule has 3 aromatic rings. The Morgan fingerprint density at radius 2 is 1.84 bits per heavy atom. The van der Waals surface area contributed by atoms with Gasteiger partial charge in [0.2, 0.25) is 5.91 Å². The third kappa shape index (κ3) is 4.61. The maximum atomic E-state index is 13.0. The van der Waals surface area contributed by atoms with Gasteiger partial charge in [-0.3, -0.25) is 4.79 Å². The summed E-state index contributed by atoms with van der Waals surface area (Å²) >= 11 is 8.56. The third-order valence-electron chi connectivity index (χ3n) is 5.55. The van der Waals surface area contributed by atoms with Gasteiger partial charge in [-0.15, -0.1) is 35.1 Å². The van der Waals surface area contributed by atoms with Crippen molar-refractivity contribution in [1.29, 1.82) is 0 Å². The quantitative estimate of drug-likeness (QED) is 0.516. The smallest absolute Gasteiger partial charge is 0.250 e. The summed E-state index contributed by atoms with van der Waals surface area (Å²) in [6, 6.07) is 12.3. The molecule has 1 atom stereocenters. The molecule has 2 aliphatic heterocycles. The van der Waals surface area contributed by atoms with Gasteiger partial charge >= 0.3 is 0 Å². The van der Waals surface area contributed by atoms with Crippen LogP contribution >= 0.6 is 46.7 Å². The van der Waals surface area contributed by atoms with Crippen LogP contribution in [-0.4, -0.2) is 33.5 Å². The Labute approximate surface area is 206 Å². The Hall–Kier alpha value is -1.46. The van der Waals surface area contributed by atoms with Crippen molar-refractivity contribution in [2.24, 2.45) is 0 Å². The lowest BCUT2D eigenvalue weighted by Crippen LogP contribution is -2.41. The first-order valence-corrected chi connectivity index (χ1v) is 13.4. The maximum Gasteiger partial charge on any atom is 0.250 e. The van der Waals surface area contributed by atoms with E-state index in [1.807, 2.05) is 18.2 Å². The summed E-state index contributed by atoms with van der Waals surface area (Å²) in [5.74, 6) is -0.209. The minimum Gasteiger partial charge on any atom is -0.312 e. The number of amides is 1. The highest BCUT2D eigenvalue weighted by Gasteiger charge is 2.36. The van der Waals surface area contributed by atoms with Crippen molar-refractivity contribution in [3.63, 3.8) is 0 Å². The average Bonchev–Trinajstić information content (AvgIpc) is 3.49. The van der Waals surface area contributed by atoms with Crippen molar-refractivity contribution >= 4 is 68.3 Å². The highest BCUT2D eigenvalue weighted by Crippen LogP contribution is 2.37. The van der Waals surface area contributed by atoms with E-state index in [0.29, 0.717) is 17.3 Å². The lowest BCUT2D eigenvalue weighted by atomic mass is 10.0. The number of nitrogens with zero attached hydrogens (tertiary/aromatic N) is 1. The molecule has 0 aliphatic carbocycles. The molecule has 32 heavy (non-hydrogen) atoms. The molecule has 4 heterocycles. The largest absolute Gasteiger partial charge is 0.312 e.